The van der Waals surface area contributed by atoms with Gasteiger partial charge >= 0.3 is 0 Å². The van der Waals surface area contributed by atoms with Crippen molar-refractivity contribution in [1.29, 1.82) is 0 Å². The molecule has 0 aliphatic carbocycles. The zero-order valence-electron chi connectivity index (χ0n) is 8.51. The Morgan fingerprint density at radius 1 is 1.29 bits per heavy atom. The van der Waals surface area contributed by atoms with Gasteiger partial charge in [0.15, 0.2) is 0 Å². The van der Waals surface area contributed by atoms with Crippen LogP contribution >= 0.6 is 0 Å². The first-order chi connectivity index (χ1) is 6.52. The van der Waals surface area contributed by atoms with Gasteiger partial charge in [-0.15, -0.1) is 0 Å². The Morgan fingerprint density at radius 3 is 2.36 bits per heavy atom. The van der Waals surface area contributed by atoms with E-state index in [9.17, 15) is 10.2 Å². The number of benzene rings is 1. The summed E-state index contributed by atoms with van der Waals surface area (Å²) in [5, 5.41) is 19.0. The minimum atomic E-state index is -1.17. The quantitative estimate of drug-likeness (QED) is 0.767. The van der Waals surface area contributed by atoms with Gasteiger partial charge in [-0.2, -0.15) is 0 Å². The molecule has 0 saturated carbocycles. The Labute approximate surface area is 84.5 Å². The van der Waals surface area contributed by atoms with Gasteiger partial charge in [-0.1, -0.05) is 42.5 Å². The maximum Gasteiger partial charge on any atom is 0.106 e. The molecule has 1 aromatic carbocycles. The molecule has 0 bridgehead atoms. The molecule has 2 N–H and O–H groups in total. The number of rotatable bonds is 3. The van der Waals surface area contributed by atoms with E-state index in [1.165, 1.54) is 0 Å². The van der Waals surface area contributed by atoms with E-state index >= 15 is 0 Å². The average molecular weight is 192 g/mol. The molecular formula is C12H16O2. The SMILES string of the molecule is C[C@H](O)[C@@](C)(O)/C=C/c1ccccc1. The molecule has 0 aliphatic heterocycles. The molecule has 0 radical (unpaired) electrons. The predicted octanol–water partition coefficient (Wildman–Crippen LogP) is 1.83. The topological polar surface area (TPSA) is 40.5 Å². The van der Waals surface area contributed by atoms with Gasteiger partial charge in [0.2, 0.25) is 0 Å². The highest BCUT2D eigenvalue weighted by Crippen LogP contribution is 2.13. The fourth-order valence-electron chi connectivity index (χ4n) is 0.968. The van der Waals surface area contributed by atoms with E-state index in [0.717, 1.165) is 5.56 Å². The molecule has 2 heteroatoms. The average Bonchev–Trinajstić information content (AvgIpc) is 2.16. The lowest BCUT2D eigenvalue weighted by molar-refractivity contribution is -0.0146. The molecule has 1 aromatic rings. The summed E-state index contributed by atoms with van der Waals surface area (Å²) in [5.41, 5.74) is -0.163. The lowest BCUT2D eigenvalue weighted by Crippen LogP contribution is -2.34. The summed E-state index contributed by atoms with van der Waals surface area (Å²) < 4.78 is 0. The first-order valence-electron chi connectivity index (χ1n) is 4.67. The molecule has 2 atom stereocenters. The van der Waals surface area contributed by atoms with E-state index in [1.54, 1.807) is 26.0 Å². The van der Waals surface area contributed by atoms with Crippen molar-refractivity contribution in [3.8, 4) is 0 Å². The van der Waals surface area contributed by atoms with E-state index in [2.05, 4.69) is 0 Å². The maximum absolute atomic E-state index is 9.72. The van der Waals surface area contributed by atoms with E-state index in [0.29, 0.717) is 0 Å². The van der Waals surface area contributed by atoms with Crippen LogP contribution in [0.5, 0.6) is 0 Å². The maximum atomic E-state index is 9.72. The van der Waals surface area contributed by atoms with Crippen LogP contribution in [-0.2, 0) is 0 Å². The third-order valence-electron chi connectivity index (χ3n) is 2.26. The van der Waals surface area contributed by atoms with Crippen molar-refractivity contribution < 1.29 is 10.2 Å². The Bertz CT molecular complexity index is 299. The molecule has 14 heavy (non-hydrogen) atoms. The molecule has 0 spiro atoms. The summed E-state index contributed by atoms with van der Waals surface area (Å²) in [6.45, 7) is 3.15. The fourth-order valence-corrected chi connectivity index (χ4v) is 0.968. The number of aliphatic hydroxyl groups excluding tert-OH is 1. The Morgan fingerprint density at radius 2 is 1.86 bits per heavy atom. The molecule has 0 fully saturated rings. The summed E-state index contributed by atoms with van der Waals surface area (Å²) >= 11 is 0. The Balaban J connectivity index is 2.74. The molecule has 0 unspecified atom stereocenters. The summed E-state index contributed by atoms with van der Waals surface area (Å²) in [6.07, 6.45) is 2.63. The highest BCUT2D eigenvalue weighted by Gasteiger charge is 2.22. The van der Waals surface area contributed by atoms with Crippen molar-refractivity contribution in [2.45, 2.75) is 25.6 Å². The van der Waals surface area contributed by atoms with Crippen LogP contribution in [0.1, 0.15) is 19.4 Å². The number of hydrogen-bond acceptors (Lipinski definition) is 2. The summed E-state index contributed by atoms with van der Waals surface area (Å²) in [7, 11) is 0. The van der Waals surface area contributed by atoms with Gasteiger partial charge in [-0.3, -0.25) is 0 Å². The van der Waals surface area contributed by atoms with Crippen molar-refractivity contribution in [2.24, 2.45) is 0 Å². The molecule has 0 heterocycles. The molecule has 2 nitrogen and oxygen atoms in total. The van der Waals surface area contributed by atoms with Crippen LogP contribution in [0.2, 0.25) is 0 Å². The van der Waals surface area contributed by atoms with Gasteiger partial charge in [0.25, 0.3) is 0 Å². The first-order valence-corrected chi connectivity index (χ1v) is 4.67. The second-order valence-corrected chi connectivity index (χ2v) is 3.65. The molecule has 76 valence electrons. The van der Waals surface area contributed by atoms with Gasteiger partial charge in [0.05, 0.1) is 6.10 Å². The van der Waals surface area contributed by atoms with Crippen LogP contribution in [0.3, 0.4) is 0 Å². The third kappa shape index (κ3) is 2.98. The van der Waals surface area contributed by atoms with Crippen LogP contribution in [0.25, 0.3) is 6.08 Å². The molecule has 0 aliphatic rings. The smallest absolute Gasteiger partial charge is 0.106 e. The number of hydrogen-bond donors (Lipinski definition) is 2. The predicted molar refractivity (Wildman–Crippen MR) is 57.8 cm³/mol. The van der Waals surface area contributed by atoms with Crippen LogP contribution in [0.4, 0.5) is 0 Å². The van der Waals surface area contributed by atoms with Crippen molar-refractivity contribution in [3.63, 3.8) is 0 Å². The van der Waals surface area contributed by atoms with Crippen molar-refractivity contribution in [2.75, 3.05) is 0 Å². The molecular weight excluding hydrogens is 176 g/mol. The largest absolute Gasteiger partial charge is 0.390 e. The highest BCUT2D eigenvalue weighted by atomic mass is 16.3. The summed E-state index contributed by atoms with van der Waals surface area (Å²) in [6, 6.07) is 9.67. The lowest BCUT2D eigenvalue weighted by Gasteiger charge is -2.22. The fraction of sp³-hybridized carbons (Fsp3) is 0.333. The second-order valence-electron chi connectivity index (χ2n) is 3.65. The Kier molecular flexibility index (Phi) is 3.44. The zero-order chi connectivity index (χ0) is 10.6. The highest BCUT2D eigenvalue weighted by molar-refractivity contribution is 5.50. The van der Waals surface area contributed by atoms with Crippen molar-refractivity contribution in [3.05, 3.63) is 42.0 Å². The van der Waals surface area contributed by atoms with Crippen molar-refractivity contribution >= 4 is 6.08 Å². The van der Waals surface area contributed by atoms with Crippen LogP contribution in [-0.4, -0.2) is 21.9 Å². The minimum Gasteiger partial charge on any atom is -0.390 e. The third-order valence-corrected chi connectivity index (χ3v) is 2.26. The molecule has 1 rings (SSSR count). The van der Waals surface area contributed by atoms with Crippen LogP contribution in [0, 0.1) is 0 Å². The van der Waals surface area contributed by atoms with Gasteiger partial charge in [-0.25, -0.2) is 0 Å². The lowest BCUT2D eigenvalue weighted by atomic mass is 9.99. The molecule has 0 amide bonds. The Hall–Kier alpha value is -1.12. The van der Waals surface area contributed by atoms with Crippen molar-refractivity contribution in [1.82, 2.24) is 0 Å². The van der Waals surface area contributed by atoms with Crippen LogP contribution in [0.15, 0.2) is 36.4 Å². The standard InChI is InChI=1S/C12H16O2/c1-10(13)12(2,14)9-8-11-6-4-3-5-7-11/h3-10,13-14H,1-2H3/b9-8+/t10-,12-/m0/s1. The zero-order valence-corrected chi connectivity index (χ0v) is 8.51. The number of aliphatic hydroxyl groups is 2. The summed E-state index contributed by atoms with van der Waals surface area (Å²) in [4.78, 5) is 0. The molecule has 0 saturated heterocycles. The van der Waals surface area contributed by atoms with Gasteiger partial charge in [-0.05, 0) is 19.4 Å². The van der Waals surface area contributed by atoms with E-state index in [-0.39, 0.29) is 0 Å². The first kappa shape index (κ1) is 11.0. The minimum absolute atomic E-state index is 0.775. The van der Waals surface area contributed by atoms with Gasteiger partial charge in [0.1, 0.15) is 5.60 Å². The van der Waals surface area contributed by atoms with Gasteiger partial charge in [0, 0.05) is 0 Å². The molecule has 0 aromatic heterocycles. The summed E-state index contributed by atoms with van der Waals surface area (Å²) in [5.74, 6) is 0. The van der Waals surface area contributed by atoms with E-state index in [1.807, 2.05) is 30.3 Å². The van der Waals surface area contributed by atoms with E-state index in [4.69, 9.17) is 0 Å². The van der Waals surface area contributed by atoms with E-state index < -0.39 is 11.7 Å². The monoisotopic (exact) mass is 192 g/mol. The van der Waals surface area contributed by atoms with Gasteiger partial charge < -0.3 is 10.2 Å². The van der Waals surface area contributed by atoms with Crippen LogP contribution < -0.4 is 0 Å². The normalized spacial score (nSPS) is 18.0. The second kappa shape index (κ2) is 4.40.